The number of nitrogens with zero attached hydrogens (tertiary/aromatic N) is 2. The van der Waals surface area contributed by atoms with Crippen LogP contribution in [-0.4, -0.2) is 41.9 Å². The van der Waals surface area contributed by atoms with E-state index in [1.807, 2.05) is 43.3 Å². The number of para-hydroxylation sites is 1. The highest BCUT2D eigenvalue weighted by molar-refractivity contribution is 5.94. The summed E-state index contributed by atoms with van der Waals surface area (Å²) in [5, 5.41) is 2.71. The Kier molecular flexibility index (Phi) is 4.97. The number of aryl methyl sites for hydroxylation is 1. The first-order valence-corrected chi connectivity index (χ1v) is 8.22. The van der Waals surface area contributed by atoms with Crippen molar-refractivity contribution in [2.24, 2.45) is 5.92 Å². The molecule has 1 atom stereocenters. The molecule has 1 N–H and O–H groups in total. The minimum absolute atomic E-state index is 0.0212. The van der Waals surface area contributed by atoms with Crippen LogP contribution in [-0.2, 0) is 16.0 Å². The SMILES string of the molecule is Cc1cccc(NC(=O)CN(C)C(=O)[C@H]2COc3ccccc3C2)n1. The van der Waals surface area contributed by atoms with Gasteiger partial charge in [0.1, 0.15) is 18.2 Å². The molecule has 0 radical (unpaired) electrons. The molecule has 1 aromatic carbocycles. The fraction of sp³-hybridized carbons (Fsp3) is 0.316. The van der Waals surface area contributed by atoms with Crippen molar-refractivity contribution in [3.8, 4) is 5.75 Å². The summed E-state index contributed by atoms with van der Waals surface area (Å²) in [7, 11) is 1.63. The number of amides is 2. The molecule has 0 fully saturated rings. The second-order valence-electron chi connectivity index (χ2n) is 6.23. The van der Waals surface area contributed by atoms with E-state index >= 15 is 0 Å². The molecule has 0 spiro atoms. The predicted molar refractivity (Wildman–Crippen MR) is 94.4 cm³/mol. The predicted octanol–water partition coefficient (Wildman–Crippen LogP) is 2.04. The van der Waals surface area contributed by atoms with E-state index in [1.165, 1.54) is 4.90 Å². The standard InChI is InChI=1S/C19H21N3O3/c1-13-6-5-9-17(20-13)21-18(23)11-22(2)19(24)15-10-14-7-3-4-8-16(14)25-12-15/h3-9,15H,10-12H2,1-2H3,(H,20,21,23)/t15-/m1/s1. The van der Waals surface area contributed by atoms with Crippen LogP contribution in [0.4, 0.5) is 5.82 Å². The maximum atomic E-state index is 12.6. The second-order valence-corrected chi connectivity index (χ2v) is 6.23. The lowest BCUT2D eigenvalue weighted by Crippen LogP contribution is -2.42. The highest BCUT2D eigenvalue weighted by Crippen LogP contribution is 2.27. The molecule has 1 aromatic heterocycles. The fourth-order valence-corrected chi connectivity index (χ4v) is 2.89. The van der Waals surface area contributed by atoms with Crippen LogP contribution < -0.4 is 10.1 Å². The van der Waals surface area contributed by atoms with Crippen LogP contribution >= 0.6 is 0 Å². The number of benzene rings is 1. The Labute approximate surface area is 146 Å². The van der Waals surface area contributed by atoms with Crippen molar-refractivity contribution in [1.82, 2.24) is 9.88 Å². The number of ether oxygens (including phenoxy) is 1. The number of rotatable bonds is 4. The first-order chi connectivity index (χ1) is 12.0. The van der Waals surface area contributed by atoms with Gasteiger partial charge in [-0.05, 0) is 37.1 Å². The molecule has 0 bridgehead atoms. The van der Waals surface area contributed by atoms with Gasteiger partial charge in [0.05, 0.1) is 12.5 Å². The van der Waals surface area contributed by atoms with Crippen molar-refractivity contribution < 1.29 is 14.3 Å². The van der Waals surface area contributed by atoms with Gasteiger partial charge in [0, 0.05) is 12.7 Å². The first-order valence-electron chi connectivity index (χ1n) is 8.22. The lowest BCUT2D eigenvalue weighted by molar-refractivity contribution is -0.138. The number of fused-ring (bicyclic) bond motifs is 1. The van der Waals surface area contributed by atoms with Gasteiger partial charge in [0.25, 0.3) is 0 Å². The van der Waals surface area contributed by atoms with E-state index in [0.717, 1.165) is 17.0 Å². The summed E-state index contributed by atoms with van der Waals surface area (Å²) >= 11 is 0. The van der Waals surface area contributed by atoms with Crippen molar-refractivity contribution in [3.63, 3.8) is 0 Å². The number of pyridine rings is 1. The topological polar surface area (TPSA) is 71.5 Å². The quantitative estimate of drug-likeness (QED) is 0.925. The summed E-state index contributed by atoms with van der Waals surface area (Å²) in [5.74, 6) is 0.677. The van der Waals surface area contributed by atoms with Crippen LogP contribution in [0.15, 0.2) is 42.5 Å². The Hall–Kier alpha value is -2.89. The van der Waals surface area contributed by atoms with E-state index in [2.05, 4.69) is 10.3 Å². The van der Waals surface area contributed by atoms with E-state index < -0.39 is 0 Å². The Balaban J connectivity index is 1.57. The molecule has 2 amide bonds. The molecular weight excluding hydrogens is 318 g/mol. The molecule has 1 aliphatic heterocycles. The van der Waals surface area contributed by atoms with Crippen molar-refractivity contribution in [2.45, 2.75) is 13.3 Å². The summed E-state index contributed by atoms with van der Waals surface area (Å²) in [5.41, 5.74) is 1.84. The number of carbonyl (C=O) groups is 2. The van der Waals surface area contributed by atoms with Crippen LogP contribution in [0, 0.1) is 12.8 Å². The molecule has 130 valence electrons. The normalized spacial score (nSPS) is 15.7. The van der Waals surface area contributed by atoms with Gasteiger partial charge in [-0.3, -0.25) is 9.59 Å². The molecule has 6 heteroatoms. The van der Waals surface area contributed by atoms with Gasteiger partial charge in [-0.25, -0.2) is 4.98 Å². The van der Waals surface area contributed by atoms with Crippen LogP contribution in [0.5, 0.6) is 5.75 Å². The zero-order chi connectivity index (χ0) is 17.8. The largest absolute Gasteiger partial charge is 0.492 e. The number of carbonyl (C=O) groups excluding carboxylic acids is 2. The first kappa shape index (κ1) is 17.0. The average Bonchev–Trinajstić information content (AvgIpc) is 2.60. The van der Waals surface area contributed by atoms with E-state index in [4.69, 9.17) is 4.74 Å². The maximum Gasteiger partial charge on any atom is 0.245 e. The molecule has 0 unspecified atom stereocenters. The average molecular weight is 339 g/mol. The molecule has 0 saturated carbocycles. The lowest BCUT2D eigenvalue weighted by Gasteiger charge is -2.28. The summed E-state index contributed by atoms with van der Waals surface area (Å²) in [6, 6.07) is 13.1. The van der Waals surface area contributed by atoms with Crippen LogP contribution in [0.3, 0.4) is 0 Å². The van der Waals surface area contributed by atoms with Crippen LogP contribution in [0.1, 0.15) is 11.3 Å². The number of anilines is 1. The maximum absolute atomic E-state index is 12.6. The van der Waals surface area contributed by atoms with Crippen LogP contribution in [0.2, 0.25) is 0 Å². The van der Waals surface area contributed by atoms with E-state index in [1.54, 1.807) is 13.1 Å². The Morgan fingerprint density at radius 3 is 2.84 bits per heavy atom. The second kappa shape index (κ2) is 7.34. The molecule has 2 heterocycles. The summed E-state index contributed by atoms with van der Waals surface area (Å²) in [4.78, 5) is 30.4. The van der Waals surface area contributed by atoms with Gasteiger partial charge in [0.15, 0.2) is 0 Å². The fourth-order valence-electron chi connectivity index (χ4n) is 2.89. The third-order valence-electron chi connectivity index (χ3n) is 4.14. The molecular formula is C19H21N3O3. The van der Waals surface area contributed by atoms with Crippen LogP contribution in [0.25, 0.3) is 0 Å². The van der Waals surface area contributed by atoms with Crippen molar-refractivity contribution in [2.75, 3.05) is 25.5 Å². The zero-order valence-electron chi connectivity index (χ0n) is 14.4. The highest BCUT2D eigenvalue weighted by Gasteiger charge is 2.28. The minimum Gasteiger partial charge on any atom is -0.492 e. The number of aromatic nitrogens is 1. The number of likely N-dealkylation sites (N-methyl/N-ethyl adjacent to an activating group) is 1. The van der Waals surface area contributed by atoms with Crippen molar-refractivity contribution >= 4 is 17.6 Å². The molecule has 2 aromatic rings. The molecule has 1 aliphatic rings. The molecule has 3 rings (SSSR count). The molecule has 25 heavy (non-hydrogen) atoms. The zero-order valence-corrected chi connectivity index (χ0v) is 14.4. The molecule has 0 saturated heterocycles. The highest BCUT2D eigenvalue weighted by atomic mass is 16.5. The number of hydrogen-bond donors (Lipinski definition) is 1. The summed E-state index contributed by atoms with van der Waals surface area (Å²) in [6.07, 6.45) is 0.625. The summed E-state index contributed by atoms with van der Waals surface area (Å²) < 4.78 is 5.66. The van der Waals surface area contributed by atoms with Crippen molar-refractivity contribution in [1.29, 1.82) is 0 Å². The summed E-state index contributed by atoms with van der Waals surface area (Å²) in [6.45, 7) is 2.17. The van der Waals surface area contributed by atoms with E-state index in [-0.39, 0.29) is 24.3 Å². The van der Waals surface area contributed by atoms with E-state index in [9.17, 15) is 9.59 Å². The third-order valence-corrected chi connectivity index (χ3v) is 4.14. The number of nitrogens with one attached hydrogen (secondary N) is 1. The third kappa shape index (κ3) is 4.15. The van der Waals surface area contributed by atoms with Gasteiger partial charge < -0.3 is 15.0 Å². The van der Waals surface area contributed by atoms with Crippen molar-refractivity contribution in [3.05, 3.63) is 53.7 Å². The van der Waals surface area contributed by atoms with Gasteiger partial charge in [0.2, 0.25) is 11.8 Å². The Morgan fingerprint density at radius 2 is 2.04 bits per heavy atom. The molecule has 0 aliphatic carbocycles. The Morgan fingerprint density at radius 1 is 1.24 bits per heavy atom. The van der Waals surface area contributed by atoms with Gasteiger partial charge >= 0.3 is 0 Å². The van der Waals surface area contributed by atoms with Gasteiger partial charge in [-0.1, -0.05) is 24.3 Å². The minimum atomic E-state index is -0.273. The van der Waals surface area contributed by atoms with Gasteiger partial charge in [-0.15, -0.1) is 0 Å². The number of hydrogen-bond acceptors (Lipinski definition) is 4. The smallest absolute Gasteiger partial charge is 0.245 e. The lowest BCUT2D eigenvalue weighted by atomic mass is 9.95. The monoisotopic (exact) mass is 339 g/mol. The van der Waals surface area contributed by atoms with Gasteiger partial charge in [-0.2, -0.15) is 0 Å². The van der Waals surface area contributed by atoms with E-state index in [0.29, 0.717) is 18.8 Å². The molecule has 6 nitrogen and oxygen atoms in total. The Bertz CT molecular complexity index is 791.